The molecule has 0 fully saturated rings. The summed E-state index contributed by atoms with van der Waals surface area (Å²) in [5.74, 6) is 0. The van der Waals surface area contributed by atoms with Gasteiger partial charge in [0.25, 0.3) is 0 Å². The van der Waals surface area contributed by atoms with Crippen LogP contribution in [0.1, 0.15) is 28.4 Å². The Kier molecular flexibility index (Phi) is 4.49. The summed E-state index contributed by atoms with van der Waals surface area (Å²) in [6.45, 7) is 4.04. The third kappa shape index (κ3) is 4.16. The molecule has 21 heavy (non-hydrogen) atoms. The Bertz CT molecular complexity index is 728. The van der Waals surface area contributed by atoms with E-state index in [4.69, 9.17) is 0 Å². The van der Waals surface area contributed by atoms with Crippen molar-refractivity contribution in [2.75, 3.05) is 6.26 Å². The SMILES string of the molecule is Cc1cc(C)cc(CC(O)c2cccc(S(C)(=O)=O)c2)c1. The molecule has 0 aromatic heterocycles. The predicted molar refractivity (Wildman–Crippen MR) is 84.1 cm³/mol. The molecule has 112 valence electrons. The summed E-state index contributed by atoms with van der Waals surface area (Å²) in [4.78, 5) is 0.236. The van der Waals surface area contributed by atoms with Crippen LogP contribution in [0.3, 0.4) is 0 Å². The maximum absolute atomic E-state index is 11.6. The van der Waals surface area contributed by atoms with Gasteiger partial charge in [0.2, 0.25) is 0 Å². The minimum atomic E-state index is -3.26. The van der Waals surface area contributed by atoms with Crippen molar-refractivity contribution in [3.05, 3.63) is 64.7 Å². The molecule has 0 heterocycles. The van der Waals surface area contributed by atoms with Gasteiger partial charge in [-0.3, -0.25) is 0 Å². The fourth-order valence-electron chi connectivity index (χ4n) is 2.48. The Morgan fingerprint density at radius 1 is 1.05 bits per heavy atom. The zero-order valence-electron chi connectivity index (χ0n) is 12.5. The van der Waals surface area contributed by atoms with Gasteiger partial charge >= 0.3 is 0 Å². The second-order valence-electron chi connectivity index (χ2n) is 5.56. The topological polar surface area (TPSA) is 54.4 Å². The first-order valence-electron chi connectivity index (χ1n) is 6.81. The first kappa shape index (κ1) is 15.7. The average Bonchev–Trinajstić information content (AvgIpc) is 2.36. The maximum Gasteiger partial charge on any atom is 0.175 e. The number of aliphatic hydroxyl groups excluding tert-OH is 1. The molecule has 0 radical (unpaired) electrons. The number of benzene rings is 2. The summed E-state index contributed by atoms with van der Waals surface area (Å²) < 4.78 is 23.1. The van der Waals surface area contributed by atoms with Crippen molar-refractivity contribution < 1.29 is 13.5 Å². The highest BCUT2D eigenvalue weighted by Crippen LogP contribution is 2.22. The van der Waals surface area contributed by atoms with E-state index in [9.17, 15) is 13.5 Å². The lowest BCUT2D eigenvalue weighted by molar-refractivity contribution is 0.178. The van der Waals surface area contributed by atoms with Gasteiger partial charge in [-0.2, -0.15) is 0 Å². The Labute approximate surface area is 126 Å². The highest BCUT2D eigenvalue weighted by molar-refractivity contribution is 7.90. The number of hydrogen-bond acceptors (Lipinski definition) is 3. The zero-order chi connectivity index (χ0) is 15.6. The normalized spacial score (nSPS) is 13.1. The van der Waals surface area contributed by atoms with Crippen molar-refractivity contribution >= 4 is 9.84 Å². The molecule has 0 spiro atoms. The molecule has 0 aliphatic heterocycles. The lowest BCUT2D eigenvalue weighted by Crippen LogP contribution is -2.04. The van der Waals surface area contributed by atoms with Crippen LogP contribution in [0.2, 0.25) is 0 Å². The van der Waals surface area contributed by atoms with Crippen LogP contribution in [0.15, 0.2) is 47.4 Å². The van der Waals surface area contributed by atoms with Crippen molar-refractivity contribution in [1.82, 2.24) is 0 Å². The molecule has 1 N–H and O–H groups in total. The van der Waals surface area contributed by atoms with Crippen LogP contribution >= 0.6 is 0 Å². The van der Waals surface area contributed by atoms with E-state index in [1.807, 2.05) is 26.0 Å². The highest BCUT2D eigenvalue weighted by Gasteiger charge is 2.13. The van der Waals surface area contributed by atoms with Crippen LogP contribution in [-0.4, -0.2) is 19.8 Å². The van der Waals surface area contributed by atoms with Crippen LogP contribution in [0.5, 0.6) is 0 Å². The summed E-state index contributed by atoms with van der Waals surface area (Å²) in [6.07, 6.45) is 0.922. The van der Waals surface area contributed by atoms with Crippen molar-refractivity contribution in [2.24, 2.45) is 0 Å². The van der Waals surface area contributed by atoms with Gasteiger partial charge in [0, 0.05) is 12.7 Å². The van der Waals surface area contributed by atoms with Gasteiger partial charge in [-0.1, -0.05) is 41.5 Å². The molecule has 0 saturated carbocycles. The van der Waals surface area contributed by atoms with Crippen LogP contribution < -0.4 is 0 Å². The van der Waals surface area contributed by atoms with E-state index < -0.39 is 15.9 Å². The van der Waals surface area contributed by atoms with E-state index in [1.165, 1.54) is 6.26 Å². The standard InChI is InChI=1S/C17H20O3S/c1-12-7-13(2)9-14(8-12)10-17(18)15-5-4-6-16(11-15)21(3,19)20/h4-9,11,17-18H,10H2,1-3H3. The minimum Gasteiger partial charge on any atom is -0.388 e. The third-order valence-electron chi connectivity index (χ3n) is 3.38. The van der Waals surface area contributed by atoms with Gasteiger partial charge in [-0.25, -0.2) is 8.42 Å². The molecular weight excluding hydrogens is 284 g/mol. The second-order valence-corrected chi connectivity index (χ2v) is 7.58. The Morgan fingerprint density at radius 3 is 2.24 bits per heavy atom. The van der Waals surface area contributed by atoms with E-state index in [0.717, 1.165) is 16.7 Å². The molecule has 0 aliphatic rings. The molecule has 4 heteroatoms. The summed E-state index contributed by atoms with van der Waals surface area (Å²) >= 11 is 0. The quantitative estimate of drug-likeness (QED) is 0.944. The van der Waals surface area contributed by atoms with Crippen LogP contribution in [0.4, 0.5) is 0 Å². The lowest BCUT2D eigenvalue weighted by Gasteiger charge is -2.13. The molecular formula is C17H20O3S. The van der Waals surface area contributed by atoms with E-state index in [0.29, 0.717) is 12.0 Å². The molecule has 2 aromatic carbocycles. The fraction of sp³-hybridized carbons (Fsp3) is 0.294. The monoisotopic (exact) mass is 304 g/mol. The van der Waals surface area contributed by atoms with Crippen molar-refractivity contribution in [3.8, 4) is 0 Å². The Morgan fingerprint density at radius 2 is 1.67 bits per heavy atom. The number of hydrogen-bond donors (Lipinski definition) is 1. The highest BCUT2D eigenvalue weighted by atomic mass is 32.2. The Hall–Kier alpha value is -1.65. The predicted octanol–water partition coefficient (Wildman–Crippen LogP) is 2.98. The van der Waals surface area contributed by atoms with E-state index in [2.05, 4.69) is 6.07 Å². The number of rotatable bonds is 4. The molecule has 0 bridgehead atoms. The zero-order valence-corrected chi connectivity index (χ0v) is 13.3. The van der Waals surface area contributed by atoms with E-state index >= 15 is 0 Å². The summed E-state index contributed by atoms with van der Waals surface area (Å²) in [6, 6.07) is 12.7. The van der Waals surface area contributed by atoms with Gasteiger partial charge in [-0.15, -0.1) is 0 Å². The van der Waals surface area contributed by atoms with Gasteiger partial charge in [-0.05, 0) is 37.1 Å². The molecule has 2 rings (SSSR count). The third-order valence-corrected chi connectivity index (χ3v) is 4.49. The van der Waals surface area contributed by atoms with Crippen LogP contribution in [0, 0.1) is 13.8 Å². The lowest BCUT2D eigenvalue weighted by atomic mass is 9.98. The number of aliphatic hydroxyl groups is 1. The van der Waals surface area contributed by atoms with Crippen LogP contribution in [-0.2, 0) is 16.3 Å². The summed E-state index contributed by atoms with van der Waals surface area (Å²) in [5, 5.41) is 10.4. The minimum absolute atomic E-state index is 0.236. The van der Waals surface area contributed by atoms with Crippen LogP contribution in [0.25, 0.3) is 0 Å². The van der Waals surface area contributed by atoms with Crippen molar-refractivity contribution in [3.63, 3.8) is 0 Å². The fourth-order valence-corrected chi connectivity index (χ4v) is 3.16. The maximum atomic E-state index is 11.6. The van der Waals surface area contributed by atoms with Crippen molar-refractivity contribution in [1.29, 1.82) is 0 Å². The number of aryl methyl sites for hydroxylation is 2. The van der Waals surface area contributed by atoms with Gasteiger partial charge in [0.05, 0.1) is 11.0 Å². The number of sulfone groups is 1. The molecule has 1 unspecified atom stereocenters. The first-order chi connectivity index (χ1) is 9.75. The smallest absolute Gasteiger partial charge is 0.175 e. The van der Waals surface area contributed by atoms with Gasteiger partial charge < -0.3 is 5.11 Å². The average molecular weight is 304 g/mol. The molecule has 2 aromatic rings. The second kappa shape index (κ2) is 6.00. The molecule has 0 amide bonds. The molecule has 1 atom stereocenters. The molecule has 3 nitrogen and oxygen atoms in total. The van der Waals surface area contributed by atoms with Crippen molar-refractivity contribution in [2.45, 2.75) is 31.3 Å². The van der Waals surface area contributed by atoms with Gasteiger partial charge in [0.15, 0.2) is 9.84 Å². The van der Waals surface area contributed by atoms with Gasteiger partial charge in [0.1, 0.15) is 0 Å². The largest absolute Gasteiger partial charge is 0.388 e. The van der Waals surface area contributed by atoms with E-state index in [1.54, 1.807) is 24.3 Å². The molecule has 0 aliphatic carbocycles. The molecule has 0 saturated heterocycles. The Balaban J connectivity index is 2.26. The summed E-state index contributed by atoms with van der Waals surface area (Å²) in [7, 11) is -3.26. The van der Waals surface area contributed by atoms with E-state index in [-0.39, 0.29) is 4.90 Å². The summed E-state index contributed by atoms with van der Waals surface area (Å²) in [5.41, 5.74) is 3.98. The first-order valence-corrected chi connectivity index (χ1v) is 8.70.